The Bertz CT molecular complexity index is 1230. The Hall–Kier alpha value is -5.28. The van der Waals surface area contributed by atoms with Crippen LogP contribution in [0.25, 0.3) is 12.2 Å². The lowest BCUT2D eigenvalue weighted by Gasteiger charge is -2.14. The van der Waals surface area contributed by atoms with Gasteiger partial charge in [-0.15, -0.1) is 0 Å². The highest BCUT2D eigenvalue weighted by Crippen LogP contribution is 2.25. The summed E-state index contributed by atoms with van der Waals surface area (Å²) in [4.78, 5) is 20.6. The number of rotatable bonds is 6. The molecular formula is C24H14N4O5. The molecule has 0 bridgehead atoms. The number of hydrogen-bond donors (Lipinski definition) is 0. The first-order chi connectivity index (χ1) is 15.9. The van der Waals surface area contributed by atoms with Crippen molar-refractivity contribution in [2.24, 2.45) is 0 Å². The number of hydrogen-bond acceptors (Lipinski definition) is 7. The molecule has 0 unspecified atom stereocenters. The van der Waals surface area contributed by atoms with Crippen molar-refractivity contribution in [2.75, 3.05) is 0 Å². The molecule has 1 aliphatic heterocycles. The van der Waals surface area contributed by atoms with Gasteiger partial charge in [0.25, 0.3) is 11.4 Å². The fourth-order valence-corrected chi connectivity index (χ4v) is 2.78. The molecule has 0 aromatic heterocycles. The molecule has 0 saturated carbocycles. The van der Waals surface area contributed by atoms with Gasteiger partial charge in [0, 0.05) is 29.8 Å². The van der Waals surface area contributed by atoms with Crippen LogP contribution in [0.4, 0.5) is 11.4 Å². The molecule has 9 nitrogen and oxygen atoms in total. The standard InChI is InChI=1S/C24H14N4O5/c25-15-20(16-26)19-13-23(11-5-17-1-7-21(8-2-17)27(29)30)33-24(14-19)12-6-18-3-9-22(10-4-18)28(31)32/h1-14H/b11-5+,12-6+. The molecule has 3 rings (SSSR count). The van der Waals surface area contributed by atoms with Gasteiger partial charge in [0.05, 0.1) is 9.85 Å². The Morgan fingerprint density at radius 2 is 1.12 bits per heavy atom. The maximum Gasteiger partial charge on any atom is 0.269 e. The highest BCUT2D eigenvalue weighted by Gasteiger charge is 2.12. The maximum absolute atomic E-state index is 10.8. The largest absolute Gasteiger partial charge is 0.457 e. The third kappa shape index (κ3) is 5.87. The molecule has 1 heterocycles. The van der Waals surface area contributed by atoms with Crippen LogP contribution in [0.1, 0.15) is 11.1 Å². The number of benzene rings is 2. The van der Waals surface area contributed by atoms with Gasteiger partial charge in [-0.05, 0) is 59.7 Å². The lowest BCUT2D eigenvalue weighted by Crippen LogP contribution is -1.98. The van der Waals surface area contributed by atoms with Crippen molar-refractivity contribution in [2.45, 2.75) is 0 Å². The Balaban J connectivity index is 1.86. The van der Waals surface area contributed by atoms with Gasteiger partial charge in [-0.1, -0.05) is 12.2 Å². The highest BCUT2D eigenvalue weighted by molar-refractivity contribution is 5.60. The average molecular weight is 438 g/mol. The van der Waals surface area contributed by atoms with Crippen LogP contribution < -0.4 is 0 Å². The minimum atomic E-state index is -0.489. The van der Waals surface area contributed by atoms with E-state index in [-0.39, 0.29) is 16.9 Å². The molecule has 1 aliphatic rings. The summed E-state index contributed by atoms with van der Waals surface area (Å²) in [5.41, 5.74) is 1.58. The number of nitrogens with zero attached hydrogens (tertiary/aromatic N) is 4. The van der Waals surface area contributed by atoms with Gasteiger partial charge in [-0.3, -0.25) is 20.2 Å². The Kier molecular flexibility index (Phi) is 6.90. The van der Waals surface area contributed by atoms with Crippen molar-refractivity contribution >= 4 is 23.5 Å². The number of nitro groups is 2. The minimum Gasteiger partial charge on any atom is -0.457 e. The number of nitriles is 2. The molecule has 0 amide bonds. The van der Waals surface area contributed by atoms with Crippen LogP contribution in [-0.4, -0.2) is 9.85 Å². The van der Waals surface area contributed by atoms with E-state index in [0.29, 0.717) is 28.2 Å². The summed E-state index contributed by atoms with van der Waals surface area (Å²) >= 11 is 0. The maximum atomic E-state index is 10.8. The van der Waals surface area contributed by atoms with E-state index in [2.05, 4.69) is 0 Å². The van der Waals surface area contributed by atoms with Crippen molar-refractivity contribution in [3.8, 4) is 12.1 Å². The minimum absolute atomic E-state index is 0.0280. The summed E-state index contributed by atoms with van der Waals surface area (Å²) in [7, 11) is 0. The summed E-state index contributed by atoms with van der Waals surface area (Å²) in [6.45, 7) is 0. The van der Waals surface area contributed by atoms with Crippen LogP contribution in [-0.2, 0) is 4.74 Å². The third-order valence-electron chi connectivity index (χ3n) is 4.43. The van der Waals surface area contributed by atoms with Gasteiger partial charge in [0.15, 0.2) is 0 Å². The molecule has 0 atom stereocenters. The van der Waals surface area contributed by atoms with Crippen LogP contribution >= 0.6 is 0 Å². The van der Waals surface area contributed by atoms with Crippen molar-refractivity contribution < 1.29 is 14.6 Å². The second-order valence-electron chi connectivity index (χ2n) is 6.61. The molecule has 0 fully saturated rings. The predicted molar refractivity (Wildman–Crippen MR) is 120 cm³/mol. The Morgan fingerprint density at radius 1 is 0.727 bits per heavy atom. The van der Waals surface area contributed by atoms with E-state index in [1.807, 2.05) is 12.1 Å². The average Bonchev–Trinajstić information content (AvgIpc) is 2.82. The van der Waals surface area contributed by atoms with Gasteiger partial charge >= 0.3 is 0 Å². The summed E-state index contributed by atoms with van der Waals surface area (Å²) in [5, 5.41) is 40.0. The molecule has 0 aliphatic carbocycles. The fraction of sp³-hybridized carbons (Fsp3) is 0. The second kappa shape index (κ2) is 10.2. The molecule has 2 aromatic carbocycles. The molecular weight excluding hydrogens is 424 g/mol. The van der Waals surface area contributed by atoms with Crippen molar-refractivity contribution in [1.29, 1.82) is 10.5 Å². The van der Waals surface area contributed by atoms with Crippen LogP contribution in [0, 0.1) is 42.9 Å². The van der Waals surface area contributed by atoms with Crippen LogP contribution in [0.2, 0.25) is 0 Å². The van der Waals surface area contributed by atoms with E-state index < -0.39 is 9.85 Å². The van der Waals surface area contributed by atoms with Gasteiger partial charge in [-0.2, -0.15) is 10.5 Å². The van der Waals surface area contributed by atoms with Crippen molar-refractivity contribution in [3.05, 3.63) is 127 Å². The lowest BCUT2D eigenvalue weighted by atomic mass is 10.1. The van der Waals surface area contributed by atoms with E-state index >= 15 is 0 Å². The molecule has 2 aromatic rings. The van der Waals surface area contributed by atoms with Gasteiger partial charge in [0.2, 0.25) is 0 Å². The number of ether oxygens (including phenoxy) is 1. The molecule has 33 heavy (non-hydrogen) atoms. The summed E-state index contributed by atoms with van der Waals surface area (Å²) in [6.07, 6.45) is 9.64. The first-order valence-corrected chi connectivity index (χ1v) is 9.40. The molecule has 9 heteroatoms. The predicted octanol–water partition coefficient (Wildman–Crippen LogP) is 5.37. The first kappa shape index (κ1) is 22.4. The quantitative estimate of drug-likeness (QED) is 0.335. The SMILES string of the molecule is N#CC(C#N)=C1C=C(/C=C/c2ccc([N+](=O)[O-])cc2)OC(/C=C/c2ccc([N+](=O)[O-])cc2)=C1. The zero-order chi connectivity index (χ0) is 23.8. The second-order valence-corrected chi connectivity index (χ2v) is 6.61. The van der Waals surface area contributed by atoms with Gasteiger partial charge < -0.3 is 4.74 Å². The molecule has 160 valence electrons. The lowest BCUT2D eigenvalue weighted by molar-refractivity contribution is -0.385. The Morgan fingerprint density at radius 3 is 1.45 bits per heavy atom. The molecule has 0 saturated heterocycles. The van der Waals surface area contributed by atoms with E-state index in [9.17, 15) is 30.8 Å². The summed E-state index contributed by atoms with van der Waals surface area (Å²) in [5.74, 6) is 0.689. The number of non-ortho nitro benzene ring substituents is 2. The van der Waals surface area contributed by atoms with Crippen molar-refractivity contribution in [1.82, 2.24) is 0 Å². The summed E-state index contributed by atoms with van der Waals surface area (Å²) < 4.78 is 5.80. The Labute approximate surface area is 188 Å². The first-order valence-electron chi connectivity index (χ1n) is 9.40. The fourth-order valence-electron chi connectivity index (χ4n) is 2.78. The number of allylic oxidation sites excluding steroid dienone is 6. The molecule has 0 radical (unpaired) electrons. The molecule has 0 spiro atoms. The van der Waals surface area contributed by atoms with E-state index in [1.165, 1.54) is 36.4 Å². The van der Waals surface area contributed by atoms with E-state index in [1.54, 1.807) is 48.6 Å². The van der Waals surface area contributed by atoms with Gasteiger partial charge in [0.1, 0.15) is 29.2 Å². The normalized spacial score (nSPS) is 13.0. The van der Waals surface area contributed by atoms with Gasteiger partial charge in [-0.25, -0.2) is 0 Å². The van der Waals surface area contributed by atoms with Crippen molar-refractivity contribution in [3.63, 3.8) is 0 Å². The third-order valence-corrected chi connectivity index (χ3v) is 4.43. The van der Waals surface area contributed by atoms with Crippen LogP contribution in [0.3, 0.4) is 0 Å². The van der Waals surface area contributed by atoms with E-state index in [0.717, 1.165) is 0 Å². The number of nitro benzene ring substituents is 2. The highest BCUT2D eigenvalue weighted by atomic mass is 16.6. The molecule has 0 N–H and O–H groups in total. The summed E-state index contributed by atoms with van der Waals surface area (Å²) in [6, 6.07) is 15.5. The zero-order valence-corrected chi connectivity index (χ0v) is 16.9. The topological polar surface area (TPSA) is 143 Å². The smallest absolute Gasteiger partial charge is 0.269 e. The van der Waals surface area contributed by atoms with Crippen LogP contribution in [0.5, 0.6) is 0 Å². The monoisotopic (exact) mass is 438 g/mol. The van der Waals surface area contributed by atoms with E-state index in [4.69, 9.17) is 4.74 Å². The van der Waals surface area contributed by atoms with Crippen LogP contribution in [0.15, 0.2) is 95.5 Å². The zero-order valence-electron chi connectivity index (χ0n) is 16.9.